The van der Waals surface area contributed by atoms with Gasteiger partial charge in [0.15, 0.2) is 0 Å². The van der Waals surface area contributed by atoms with Crippen molar-refractivity contribution in [1.82, 2.24) is 15.5 Å². The van der Waals surface area contributed by atoms with Crippen LogP contribution in [0.25, 0.3) is 0 Å². The van der Waals surface area contributed by atoms with Crippen molar-refractivity contribution in [3.8, 4) is 0 Å². The van der Waals surface area contributed by atoms with Gasteiger partial charge in [-0.1, -0.05) is 30.3 Å². The van der Waals surface area contributed by atoms with Crippen molar-refractivity contribution >= 4 is 18.3 Å². The Balaban J connectivity index is 0.00000208. The van der Waals surface area contributed by atoms with E-state index in [9.17, 15) is 9.90 Å². The number of halogens is 1. The van der Waals surface area contributed by atoms with Gasteiger partial charge in [0.2, 0.25) is 5.91 Å². The predicted molar refractivity (Wildman–Crippen MR) is 97.2 cm³/mol. The number of carbonyl (C=O) groups excluding carboxylic acids is 1. The molecule has 0 saturated carbocycles. The first-order valence-electron chi connectivity index (χ1n) is 8.56. The minimum Gasteiger partial charge on any atom is -0.392 e. The fraction of sp³-hybridized carbons (Fsp3) is 0.611. The molecular formula is C18H28ClN3O2. The minimum atomic E-state index is -0.429. The number of rotatable bonds is 5. The number of benzene rings is 1. The Labute approximate surface area is 150 Å². The number of aliphatic hydroxyl groups excluding tert-OH is 1. The molecule has 0 aromatic heterocycles. The largest absolute Gasteiger partial charge is 0.392 e. The third-order valence-electron chi connectivity index (χ3n) is 5.10. The molecule has 2 fully saturated rings. The second kappa shape index (κ2) is 8.30. The van der Waals surface area contributed by atoms with Gasteiger partial charge in [0.1, 0.15) is 0 Å². The van der Waals surface area contributed by atoms with Gasteiger partial charge >= 0.3 is 0 Å². The van der Waals surface area contributed by atoms with Crippen molar-refractivity contribution < 1.29 is 9.90 Å². The lowest BCUT2D eigenvalue weighted by molar-refractivity contribution is -0.126. The highest BCUT2D eigenvalue weighted by Crippen LogP contribution is 2.22. The summed E-state index contributed by atoms with van der Waals surface area (Å²) in [4.78, 5) is 14.7. The molecule has 1 aromatic carbocycles. The Kier molecular flexibility index (Phi) is 6.63. The molecule has 2 heterocycles. The summed E-state index contributed by atoms with van der Waals surface area (Å²) in [6, 6.07) is 10.5. The third kappa shape index (κ3) is 4.48. The minimum absolute atomic E-state index is 0. The molecule has 0 radical (unpaired) electrons. The number of hydrogen-bond donors (Lipinski definition) is 3. The van der Waals surface area contributed by atoms with E-state index >= 15 is 0 Å². The molecule has 24 heavy (non-hydrogen) atoms. The highest BCUT2D eigenvalue weighted by Gasteiger charge is 2.37. The van der Waals surface area contributed by atoms with Crippen molar-refractivity contribution in [2.45, 2.75) is 50.4 Å². The number of amides is 1. The second-order valence-electron chi connectivity index (χ2n) is 7.03. The molecule has 2 aliphatic heterocycles. The zero-order chi connectivity index (χ0) is 16.3. The summed E-state index contributed by atoms with van der Waals surface area (Å²) in [7, 11) is 0. The number of β-amino-alcohol motifs (C(OH)–C–C–N with tert-alkyl or cyclic N) is 1. The van der Waals surface area contributed by atoms with Gasteiger partial charge in [0.25, 0.3) is 0 Å². The maximum atomic E-state index is 12.4. The summed E-state index contributed by atoms with van der Waals surface area (Å²) in [5.74, 6) is 0.0797. The Bertz CT molecular complexity index is 534. The van der Waals surface area contributed by atoms with Crippen molar-refractivity contribution in [1.29, 1.82) is 0 Å². The van der Waals surface area contributed by atoms with E-state index in [4.69, 9.17) is 0 Å². The predicted octanol–water partition coefficient (Wildman–Crippen LogP) is 1.30. The summed E-state index contributed by atoms with van der Waals surface area (Å²) in [6.45, 7) is 4.96. The van der Waals surface area contributed by atoms with Crippen molar-refractivity contribution in [2.75, 3.05) is 19.6 Å². The van der Waals surface area contributed by atoms with Crippen LogP contribution in [0.5, 0.6) is 0 Å². The maximum Gasteiger partial charge on any atom is 0.240 e. The van der Waals surface area contributed by atoms with E-state index < -0.39 is 5.54 Å². The molecule has 6 heteroatoms. The van der Waals surface area contributed by atoms with Crippen LogP contribution in [0.4, 0.5) is 0 Å². The topological polar surface area (TPSA) is 64.6 Å². The Hall–Kier alpha value is -1.14. The van der Waals surface area contributed by atoms with Crippen molar-refractivity contribution in [2.24, 2.45) is 0 Å². The normalized spacial score (nSPS) is 30.1. The molecule has 3 N–H and O–H groups in total. The molecule has 3 unspecified atom stereocenters. The van der Waals surface area contributed by atoms with Crippen molar-refractivity contribution in [3.05, 3.63) is 35.9 Å². The molecule has 1 aromatic rings. The van der Waals surface area contributed by atoms with Gasteiger partial charge in [-0.3, -0.25) is 9.69 Å². The smallest absolute Gasteiger partial charge is 0.240 e. The molecular weight excluding hydrogens is 326 g/mol. The molecule has 134 valence electrons. The number of likely N-dealkylation sites (tertiary alicyclic amines) is 1. The number of nitrogens with one attached hydrogen (secondary N) is 2. The first kappa shape index (κ1) is 19.2. The van der Waals surface area contributed by atoms with Crippen LogP contribution in [0.3, 0.4) is 0 Å². The van der Waals surface area contributed by atoms with Crippen LogP contribution in [-0.2, 0) is 11.3 Å². The number of aliphatic hydroxyl groups is 1. The number of nitrogens with zero attached hydrogens (tertiary/aromatic N) is 1. The monoisotopic (exact) mass is 353 g/mol. The van der Waals surface area contributed by atoms with Gasteiger partial charge in [-0.2, -0.15) is 0 Å². The SMILES string of the molecule is CC1(C(=O)NCC2CC(O)CN2Cc2ccccc2)CCCN1.Cl. The third-order valence-corrected chi connectivity index (χ3v) is 5.10. The summed E-state index contributed by atoms with van der Waals surface area (Å²) in [6.07, 6.45) is 2.35. The van der Waals surface area contributed by atoms with Crippen LogP contribution in [0.2, 0.25) is 0 Å². The average molecular weight is 354 g/mol. The van der Waals surface area contributed by atoms with E-state index in [-0.39, 0.29) is 30.5 Å². The lowest BCUT2D eigenvalue weighted by atomic mass is 9.99. The Morgan fingerprint density at radius 1 is 1.42 bits per heavy atom. The van der Waals surface area contributed by atoms with E-state index in [1.807, 2.05) is 25.1 Å². The van der Waals surface area contributed by atoms with Crippen LogP contribution >= 0.6 is 12.4 Å². The first-order chi connectivity index (χ1) is 11.1. The molecule has 3 rings (SSSR count). The zero-order valence-electron chi connectivity index (χ0n) is 14.2. The van der Waals surface area contributed by atoms with E-state index in [0.29, 0.717) is 13.1 Å². The van der Waals surface area contributed by atoms with Gasteiger partial charge in [0.05, 0.1) is 11.6 Å². The summed E-state index contributed by atoms with van der Waals surface area (Å²) in [5, 5.41) is 16.4. The quantitative estimate of drug-likeness (QED) is 0.746. The van der Waals surface area contributed by atoms with Gasteiger partial charge in [-0.05, 0) is 38.3 Å². The summed E-state index contributed by atoms with van der Waals surface area (Å²) in [5.41, 5.74) is 0.809. The molecule has 3 atom stereocenters. The first-order valence-corrected chi connectivity index (χ1v) is 8.56. The lowest BCUT2D eigenvalue weighted by Crippen LogP contribution is -2.53. The van der Waals surface area contributed by atoms with Crippen LogP contribution in [-0.4, -0.2) is 53.2 Å². The highest BCUT2D eigenvalue weighted by atomic mass is 35.5. The Morgan fingerprint density at radius 3 is 2.83 bits per heavy atom. The van der Waals surface area contributed by atoms with Gasteiger partial charge in [0, 0.05) is 25.7 Å². The molecule has 0 aliphatic carbocycles. The van der Waals surface area contributed by atoms with Gasteiger partial charge in [-0.15, -0.1) is 12.4 Å². The van der Waals surface area contributed by atoms with E-state index in [2.05, 4.69) is 27.7 Å². The molecule has 5 nitrogen and oxygen atoms in total. The van der Waals surface area contributed by atoms with E-state index in [1.54, 1.807) is 0 Å². The van der Waals surface area contributed by atoms with Crippen LogP contribution in [0.15, 0.2) is 30.3 Å². The van der Waals surface area contributed by atoms with Crippen LogP contribution < -0.4 is 10.6 Å². The molecule has 2 aliphatic rings. The molecule has 0 bridgehead atoms. The lowest BCUT2D eigenvalue weighted by Gasteiger charge is -2.27. The van der Waals surface area contributed by atoms with Crippen LogP contribution in [0.1, 0.15) is 31.7 Å². The van der Waals surface area contributed by atoms with Gasteiger partial charge < -0.3 is 15.7 Å². The maximum absolute atomic E-state index is 12.4. The fourth-order valence-electron chi connectivity index (χ4n) is 3.68. The van der Waals surface area contributed by atoms with E-state index in [1.165, 1.54) is 5.56 Å². The Morgan fingerprint density at radius 2 is 2.17 bits per heavy atom. The zero-order valence-corrected chi connectivity index (χ0v) is 15.0. The summed E-state index contributed by atoms with van der Waals surface area (Å²) >= 11 is 0. The fourth-order valence-corrected chi connectivity index (χ4v) is 3.68. The summed E-state index contributed by atoms with van der Waals surface area (Å²) < 4.78 is 0. The second-order valence-corrected chi connectivity index (χ2v) is 7.03. The van der Waals surface area contributed by atoms with Crippen molar-refractivity contribution in [3.63, 3.8) is 0 Å². The van der Waals surface area contributed by atoms with Crippen LogP contribution in [0, 0.1) is 0 Å². The number of hydrogen-bond acceptors (Lipinski definition) is 4. The molecule has 0 spiro atoms. The average Bonchev–Trinajstić information content (AvgIpc) is 3.13. The molecule has 1 amide bonds. The number of carbonyl (C=O) groups is 1. The molecule has 2 saturated heterocycles. The van der Waals surface area contributed by atoms with Gasteiger partial charge in [-0.25, -0.2) is 0 Å². The van der Waals surface area contributed by atoms with E-state index in [0.717, 1.165) is 32.4 Å². The standard InChI is InChI=1S/C18H27N3O2.ClH/c1-18(8-5-9-20-18)17(23)19-11-15-10-16(22)13-21(15)12-14-6-3-2-4-7-14;/h2-4,6-7,15-16,20,22H,5,8-13H2,1H3,(H,19,23);1H. The highest BCUT2D eigenvalue weighted by molar-refractivity contribution is 5.86.